The molecule has 0 unspecified atom stereocenters. The highest BCUT2D eigenvalue weighted by atomic mass is 16.4. The number of rotatable bonds is 4. The third-order valence-electron chi connectivity index (χ3n) is 2.86. The maximum atomic E-state index is 11.5. The molecular weight excluding hydrogens is 234 g/mol. The van der Waals surface area contributed by atoms with Crippen LogP contribution < -0.4 is 16.4 Å². The van der Waals surface area contributed by atoms with Gasteiger partial charge in [-0.2, -0.15) is 0 Å². The zero-order chi connectivity index (χ0) is 13.5. The molecule has 1 aliphatic rings. The molecule has 1 fully saturated rings. The SMILES string of the molecule is CC(C)NC(=O)NC1CCN(CC(N)=NO)CC1. The molecular formula is C11H23N5O2. The van der Waals surface area contributed by atoms with Crippen molar-refractivity contribution >= 4 is 11.9 Å². The van der Waals surface area contributed by atoms with Crippen molar-refractivity contribution in [1.29, 1.82) is 0 Å². The number of nitrogens with one attached hydrogen (secondary N) is 2. The lowest BCUT2D eigenvalue weighted by molar-refractivity contribution is 0.204. The monoisotopic (exact) mass is 257 g/mol. The molecule has 0 aromatic carbocycles. The van der Waals surface area contributed by atoms with Crippen molar-refractivity contribution in [3.05, 3.63) is 0 Å². The zero-order valence-electron chi connectivity index (χ0n) is 11.0. The number of urea groups is 1. The van der Waals surface area contributed by atoms with E-state index < -0.39 is 0 Å². The zero-order valence-corrected chi connectivity index (χ0v) is 11.0. The summed E-state index contributed by atoms with van der Waals surface area (Å²) in [6, 6.07) is 0.234. The second-order valence-electron chi connectivity index (χ2n) is 4.91. The minimum absolute atomic E-state index is 0.111. The van der Waals surface area contributed by atoms with Gasteiger partial charge in [0.2, 0.25) is 0 Å². The van der Waals surface area contributed by atoms with Gasteiger partial charge in [-0.05, 0) is 26.7 Å². The second kappa shape index (κ2) is 7.05. The first kappa shape index (κ1) is 14.6. The Morgan fingerprint density at radius 2 is 2.11 bits per heavy atom. The van der Waals surface area contributed by atoms with E-state index in [0.717, 1.165) is 25.9 Å². The highest BCUT2D eigenvalue weighted by Crippen LogP contribution is 2.09. The largest absolute Gasteiger partial charge is 0.409 e. The molecule has 1 heterocycles. The summed E-state index contributed by atoms with van der Waals surface area (Å²) in [6.45, 7) is 6.01. The quantitative estimate of drug-likeness (QED) is 0.244. The number of piperidine rings is 1. The second-order valence-corrected chi connectivity index (χ2v) is 4.91. The number of hydrogen-bond acceptors (Lipinski definition) is 4. The van der Waals surface area contributed by atoms with E-state index in [0.29, 0.717) is 6.54 Å². The molecule has 7 heteroatoms. The maximum Gasteiger partial charge on any atom is 0.315 e. The number of carbonyl (C=O) groups excluding carboxylic acids is 1. The van der Waals surface area contributed by atoms with Crippen molar-refractivity contribution in [2.45, 2.75) is 38.8 Å². The molecule has 0 aromatic heterocycles. The summed E-state index contributed by atoms with van der Waals surface area (Å²) >= 11 is 0. The number of hydrogen-bond donors (Lipinski definition) is 4. The van der Waals surface area contributed by atoms with Crippen LogP contribution >= 0.6 is 0 Å². The summed E-state index contributed by atoms with van der Waals surface area (Å²) in [5.41, 5.74) is 5.45. The van der Waals surface area contributed by atoms with Crippen LogP contribution in [0.3, 0.4) is 0 Å². The first-order valence-corrected chi connectivity index (χ1v) is 6.27. The summed E-state index contributed by atoms with van der Waals surface area (Å²) in [5, 5.41) is 17.2. The normalized spacial score (nSPS) is 18.9. The van der Waals surface area contributed by atoms with Crippen molar-refractivity contribution in [2.24, 2.45) is 10.9 Å². The standard InChI is InChI=1S/C11H23N5O2/c1-8(2)13-11(17)14-9-3-5-16(6-4-9)7-10(12)15-18/h8-9,18H,3-7H2,1-2H3,(H2,12,15)(H2,13,14,17). The van der Waals surface area contributed by atoms with Gasteiger partial charge in [-0.3, -0.25) is 4.90 Å². The lowest BCUT2D eigenvalue weighted by Crippen LogP contribution is -2.50. The van der Waals surface area contributed by atoms with E-state index in [1.54, 1.807) is 0 Å². The highest BCUT2D eigenvalue weighted by molar-refractivity contribution is 5.81. The van der Waals surface area contributed by atoms with E-state index in [2.05, 4.69) is 20.7 Å². The molecule has 0 aliphatic carbocycles. The van der Waals surface area contributed by atoms with Gasteiger partial charge in [0.1, 0.15) is 0 Å². The van der Waals surface area contributed by atoms with Crippen LogP contribution in [-0.4, -0.2) is 53.7 Å². The van der Waals surface area contributed by atoms with Crippen molar-refractivity contribution in [3.63, 3.8) is 0 Å². The number of amides is 2. The van der Waals surface area contributed by atoms with Crippen LogP contribution in [0.5, 0.6) is 0 Å². The lowest BCUT2D eigenvalue weighted by Gasteiger charge is -2.32. The van der Waals surface area contributed by atoms with Gasteiger partial charge in [-0.25, -0.2) is 4.79 Å². The van der Waals surface area contributed by atoms with Crippen LogP contribution in [0.4, 0.5) is 4.79 Å². The molecule has 18 heavy (non-hydrogen) atoms. The first-order valence-electron chi connectivity index (χ1n) is 6.27. The van der Waals surface area contributed by atoms with Crippen LogP contribution in [0, 0.1) is 0 Å². The van der Waals surface area contributed by atoms with Gasteiger partial charge in [0.15, 0.2) is 5.84 Å². The molecule has 7 nitrogen and oxygen atoms in total. The highest BCUT2D eigenvalue weighted by Gasteiger charge is 2.21. The van der Waals surface area contributed by atoms with Gasteiger partial charge >= 0.3 is 6.03 Å². The maximum absolute atomic E-state index is 11.5. The summed E-state index contributed by atoms with van der Waals surface area (Å²) in [4.78, 5) is 13.6. The molecule has 1 saturated heterocycles. The fourth-order valence-corrected chi connectivity index (χ4v) is 1.99. The molecule has 1 aliphatic heterocycles. The Hall–Kier alpha value is -1.50. The molecule has 0 saturated carbocycles. The number of nitrogens with two attached hydrogens (primary N) is 1. The molecule has 0 atom stereocenters. The summed E-state index contributed by atoms with van der Waals surface area (Å²) < 4.78 is 0. The third kappa shape index (κ3) is 5.22. The lowest BCUT2D eigenvalue weighted by atomic mass is 10.1. The van der Waals surface area contributed by atoms with E-state index in [4.69, 9.17) is 10.9 Å². The van der Waals surface area contributed by atoms with E-state index in [1.165, 1.54) is 0 Å². The molecule has 2 amide bonds. The average Bonchev–Trinajstić information content (AvgIpc) is 2.30. The molecule has 0 aromatic rings. The van der Waals surface area contributed by atoms with Gasteiger partial charge in [-0.15, -0.1) is 0 Å². The Bertz CT molecular complexity index is 298. The predicted molar refractivity (Wildman–Crippen MR) is 69.7 cm³/mol. The summed E-state index contributed by atoms with van der Waals surface area (Å²) in [7, 11) is 0. The van der Waals surface area contributed by atoms with Gasteiger partial charge in [0.25, 0.3) is 0 Å². The van der Waals surface area contributed by atoms with Crippen LogP contribution in [0.15, 0.2) is 5.16 Å². The molecule has 104 valence electrons. The minimum Gasteiger partial charge on any atom is -0.409 e. The van der Waals surface area contributed by atoms with E-state index in [9.17, 15) is 4.79 Å². The van der Waals surface area contributed by atoms with Crippen molar-refractivity contribution in [3.8, 4) is 0 Å². The molecule has 0 spiro atoms. The first-order chi connectivity index (χ1) is 8.51. The Labute approximate surface area is 107 Å². The number of nitrogens with zero attached hydrogens (tertiary/aromatic N) is 2. The molecule has 5 N–H and O–H groups in total. The Morgan fingerprint density at radius 1 is 1.50 bits per heavy atom. The number of oxime groups is 1. The van der Waals surface area contributed by atoms with Gasteiger partial charge < -0.3 is 21.6 Å². The van der Waals surface area contributed by atoms with E-state index in [1.807, 2.05) is 13.8 Å². The number of likely N-dealkylation sites (tertiary alicyclic amines) is 1. The smallest absolute Gasteiger partial charge is 0.315 e. The Kier molecular flexibility index (Phi) is 5.70. The fraction of sp³-hybridized carbons (Fsp3) is 0.818. The number of amidine groups is 1. The molecule has 0 radical (unpaired) electrons. The van der Waals surface area contributed by atoms with Crippen molar-refractivity contribution < 1.29 is 10.0 Å². The van der Waals surface area contributed by atoms with E-state index in [-0.39, 0.29) is 24.0 Å². The van der Waals surface area contributed by atoms with Crippen LogP contribution in [0.2, 0.25) is 0 Å². The van der Waals surface area contributed by atoms with Crippen LogP contribution in [0.25, 0.3) is 0 Å². The minimum atomic E-state index is -0.111. The van der Waals surface area contributed by atoms with Crippen LogP contribution in [0.1, 0.15) is 26.7 Å². The predicted octanol–water partition coefficient (Wildman–Crippen LogP) is -0.0952. The summed E-state index contributed by atoms with van der Waals surface area (Å²) in [5.74, 6) is 0.221. The summed E-state index contributed by atoms with van der Waals surface area (Å²) in [6.07, 6.45) is 1.76. The number of carbonyl (C=O) groups is 1. The Balaban J connectivity index is 2.25. The van der Waals surface area contributed by atoms with Gasteiger partial charge in [0.05, 0.1) is 6.54 Å². The topological polar surface area (TPSA) is 103 Å². The van der Waals surface area contributed by atoms with E-state index >= 15 is 0 Å². The molecule has 0 bridgehead atoms. The van der Waals surface area contributed by atoms with Gasteiger partial charge in [0, 0.05) is 25.2 Å². The van der Waals surface area contributed by atoms with Crippen molar-refractivity contribution in [2.75, 3.05) is 19.6 Å². The fourth-order valence-electron chi connectivity index (χ4n) is 1.99. The Morgan fingerprint density at radius 3 is 2.61 bits per heavy atom. The van der Waals surface area contributed by atoms with Gasteiger partial charge in [-0.1, -0.05) is 5.16 Å². The van der Waals surface area contributed by atoms with Crippen LogP contribution in [-0.2, 0) is 0 Å². The molecule has 1 rings (SSSR count). The van der Waals surface area contributed by atoms with Crippen molar-refractivity contribution in [1.82, 2.24) is 15.5 Å². The average molecular weight is 257 g/mol. The third-order valence-corrected chi connectivity index (χ3v) is 2.86.